The molecule has 0 saturated heterocycles. The molecule has 0 unspecified atom stereocenters. The van der Waals surface area contributed by atoms with E-state index >= 15 is 0 Å². The van der Waals surface area contributed by atoms with Gasteiger partial charge in [-0.15, -0.1) is 0 Å². The van der Waals surface area contributed by atoms with Crippen LogP contribution in [0.25, 0.3) is 10.9 Å². The van der Waals surface area contributed by atoms with Crippen molar-refractivity contribution in [3.63, 3.8) is 0 Å². The summed E-state index contributed by atoms with van der Waals surface area (Å²) in [6.45, 7) is 1.88. The van der Waals surface area contributed by atoms with E-state index in [1.165, 1.54) is 12.1 Å². The van der Waals surface area contributed by atoms with E-state index in [1.54, 1.807) is 36.4 Å². The molecule has 0 radical (unpaired) electrons. The molecule has 0 atom stereocenters. The molecule has 110 valence electrons. The van der Waals surface area contributed by atoms with Gasteiger partial charge in [0.15, 0.2) is 0 Å². The van der Waals surface area contributed by atoms with Crippen molar-refractivity contribution in [2.45, 2.75) is 11.8 Å². The van der Waals surface area contributed by atoms with Crippen molar-refractivity contribution in [2.75, 3.05) is 0 Å². The van der Waals surface area contributed by atoms with Gasteiger partial charge in [0.25, 0.3) is 10.0 Å². The molecule has 1 aromatic heterocycles. The highest BCUT2D eigenvalue weighted by Gasteiger charge is 2.23. The highest BCUT2D eigenvalue weighted by Crippen LogP contribution is 2.31. The van der Waals surface area contributed by atoms with Crippen molar-refractivity contribution >= 4 is 36.9 Å². The van der Waals surface area contributed by atoms with E-state index in [2.05, 4.69) is 15.9 Å². The van der Waals surface area contributed by atoms with Crippen LogP contribution in [0.5, 0.6) is 0 Å². The average molecular weight is 375 g/mol. The van der Waals surface area contributed by atoms with Gasteiger partial charge in [-0.05, 0) is 42.8 Å². The van der Waals surface area contributed by atoms with E-state index in [4.69, 9.17) is 0 Å². The molecule has 0 spiro atoms. The molecule has 0 bridgehead atoms. The Hall–Kier alpha value is -2.10. The zero-order valence-corrected chi connectivity index (χ0v) is 14.0. The van der Waals surface area contributed by atoms with Crippen LogP contribution in [-0.4, -0.2) is 12.4 Å². The number of hydrogen-bond donors (Lipinski definition) is 0. The van der Waals surface area contributed by atoms with Gasteiger partial charge in [0.1, 0.15) is 11.8 Å². The molecular formula is C16H11BrN2O2S. The second-order valence-electron chi connectivity index (χ2n) is 4.83. The highest BCUT2D eigenvalue weighted by atomic mass is 79.9. The Balaban J connectivity index is 2.41. The first-order chi connectivity index (χ1) is 10.5. The first-order valence-electron chi connectivity index (χ1n) is 6.48. The standard InChI is InChI=1S/C16H11BrN2O2S/c1-11-14-9-12(10-18)19(16(14)8-7-15(11)17)22(20,21)13-5-3-2-4-6-13/h2-9H,1H3. The van der Waals surface area contributed by atoms with Gasteiger partial charge in [-0.2, -0.15) is 5.26 Å². The van der Waals surface area contributed by atoms with Crippen LogP contribution in [0.1, 0.15) is 11.3 Å². The second-order valence-corrected chi connectivity index (χ2v) is 7.47. The highest BCUT2D eigenvalue weighted by molar-refractivity contribution is 9.10. The third-order valence-corrected chi connectivity index (χ3v) is 6.14. The molecule has 6 heteroatoms. The normalized spacial score (nSPS) is 11.5. The maximum absolute atomic E-state index is 12.9. The number of aryl methyl sites for hydroxylation is 1. The number of fused-ring (bicyclic) bond motifs is 1. The Morgan fingerprint density at radius 2 is 1.82 bits per heavy atom. The van der Waals surface area contributed by atoms with Gasteiger partial charge in [0.05, 0.1) is 10.4 Å². The van der Waals surface area contributed by atoms with Crippen LogP contribution in [0.15, 0.2) is 57.9 Å². The molecule has 0 N–H and O–H groups in total. The Morgan fingerprint density at radius 3 is 2.45 bits per heavy atom. The number of benzene rings is 2. The molecule has 0 aliphatic heterocycles. The van der Waals surface area contributed by atoms with Gasteiger partial charge in [-0.3, -0.25) is 0 Å². The van der Waals surface area contributed by atoms with Crippen LogP contribution in [-0.2, 0) is 10.0 Å². The molecule has 3 aromatic rings. The Labute approximate surface area is 136 Å². The topological polar surface area (TPSA) is 62.9 Å². The van der Waals surface area contributed by atoms with Gasteiger partial charge in [-0.1, -0.05) is 34.1 Å². The van der Waals surface area contributed by atoms with Gasteiger partial charge < -0.3 is 0 Å². The van der Waals surface area contributed by atoms with Crippen LogP contribution in [0.2, 0.25) is 0 Å². The van der Waals surface area contributed by atoms with Gasteiger partial charge in [-0.25, -0.2) is 12.4 Å². The average Bonchev–Trinajstić information content (AvgIpc) is 2.92. The smallest absolute Gasteiger partial charge is 0.224 e. The monoisotopic (exact) mass is 374 g/mol. The van der Waals surface area contributed by atoms with Crippen molar-refractivity contribution < 1.29 is 8.42 Å². The lowest BCUT2D eigenvalue weighted by Crippen LogP contribution is -2.14. The van der Waals surface area contributed by atoms with Crippen molar-refractivity contribution in [3.05, 3.63) is 64.3 Å². The lowest BCUT2D eigenvalue weighted by Gasteiger charge is -2.09. The van der Waals surface area contributed by atoms with Crippen molar-refractivity contribution in [2.24, 2.45) is 0 Å². The zero-order chi connectivity index (χ0) is 15.9. The fraction of sp³-hybridized carbons (Fsp3) is 0.0625. The number of hydrogen-bond acceptors (Lipinski definition) is 3. The first-order valence-corrected chi connectivity index (χ1v) is 8.71. The summed E-state index contributed by atoms with van der Waals surface area (Å²) in [5.41, 5.74) is 1.50. The number of nitriles is 1. The predicted octanol–water partition coefficient (Wildman–Crippen LogP) is 3.82. The van der Waals surface area contributed by atoms with Crippen molar-refractivity contribution in [1.29, 1.82) is 5.26 Å². The Kier molecular flexibility index (Phi) is 3.55. The molecule has 0 saturated carbocycles. The van der Waals surface area contributed by atoms with Crippen LogP contribution < -0.4 is 0 Å². The summed E-state index contributed by atoms with van der Waals surface area (Å²) in [6, 6.07) is 15.2. The zero-order valence-electron chi connectivity index (χ0n) is 11.6. The molecule has 2 aromatic carbocycles. The summed E-state index contributed by atoms with van der Waals surface area (Å²) in [6.07, 6.45) is 0. The van der Waals surface area contributed by atoms with E-state index < -0.39 is 10.0 Å². The third kappa shape index (κ3) is 2.14. The quantitative estimate of drug-likeness (QED) is 0.684. The molecule has 0 aliphatic carbocycles. The van der Waals surface area contributed by atoms with E-state index in [0.29, 0.717) is 5.52 Å². The van der Waals surface area contributed by atoms with Gasteiger partial charge in [0, 0.05) is 9.86 Å². The fourth-order valence-corrected chi connectivity index (χ4v) is 4.23. The Morgan fingerprint density at radius 1 is 1.14 bits per heavy atom. The predicted molar refractivity (Wildman–Crippen MR) is 88.1 cm³/mol. The summed E-state index contributed by atoms with van der Waals surface area (Å²) in [4.78, 5) is 0.157. The minimum atomic E-state index is -3.82. The maximum atomic E-state index is 12.9. The van der Waals surface area contributed by atoms with Crippen LogP contribution in [0.3, 0.4) is 0 Å². The second kappa shape index (κ2) is 5.27. The summed E-state index contributed by atoms with van der Waals surface area (Å²) >= 11 is 3.43. The molecule has 0 amide bonds. The molecule has 22 heavy (non-hydrogen) atoms. The largest absolute Gasteiger partial charge is 0.269 e. The van der Waals surface area contributed by atoms with Crippen LogP contribution in [0, 0.1) is 18.3 Å². The molecule has 1 heterocycles. The third-order valence-electron chi connectivity index (χ3n) is 3.54. The van der Waals surface area contributed by atoms with Gasteiger partial charge in [0.2, 0.25) is 0 Å². The summed E-state index contributed by atoms with van der Waals surface area (Å²) < 4.78 is 27.8. The maximum Gasteiger partial charge on any atom is 0.269 e. The Bertz CT molecular complexity index is 1020. The van der Waals surface area contributed by atoms with Crippen LogP contribution >= 0.6 is 15.9 Å². The number of rotatable bonds is 2. The SMILES string of the molecule is Cc1c(Br)ccc2c1cc(C#N)n2S(=O)(=O)c1ccccc1. The van der Waals surface area contributed by atoms with E-state index in [0.717, 1.165) is 19.4 Å². The summed E-state index contributed by atoms with van der Waals surface area (Å²) in [5.74, 6) is 0. The van der Waals surface area contributed by atoms with Gasteiger partial charge >= 0.3 is 0 Å². The van der Waals surface area contributed by atoms with E-state index in [1.807, 2.05) is 13.0 Å². The van der Waals surface area contributed by atoms with Crippen molar-refractivity contribution in [3.8, 4) is 6.07 Å². The minimum Gasteiger partial charge on any atom is -0.224 e. The lowest BCUT2D eigenvalue weighted by atomic mass is 10.1. The summed E-state index contributed by atoms with van der Waals surface area (Å²) in [7, 11) is -3.82. The number of nitrogens with zero attached hydrogens (tertiary/aromatic N) is 2. The fourth-order valence-electron chi connectivity index (χ4n) is 2.41. The number of aromatic nitrogens is 1. The molecule has 4 nitrogen and oxygen atoms in total. The molecular weight excluding hydrogens is 364 g/mol. The minimum absolute atomic E-state index is 0.0973. The molecule has 3 rings (SSSR count). The first kappa shape index (κ1) is 14.8. The van der Waals surface area contributed by atoms with E-state index in [9.17, 15) is 13.7 Å². The molecule has 0 aliphatic rings. The van der Waals surface area contributed by atoms with Crippen LogP contribution in [0.4, 0.5) is 0 Å². The molecule has 0 fully saturated rings. The number of halogens is 1. The lowest BCUT2D eigenvalue weighted by molar-refractivity contribution is 0.588. The summed E-state index contributed by atoms with van der Waals surface area (Å²) in [5, 5.41) is 10.1. The van der Waals surface area contributed by atoms with Crippen molar-refractivity contribution in [1.82, 2.24) is 3.97 Å². The van der Waals surface area contributed by atoms with E-state index in [-0.39, 0.29) is 10.6 Å².